The van der Waals surface area contributed by atoms with Crippen LogP contribution in [0.25, 0.3) is 0 Å². The first-order valence-electron chi connectivity index (χ1n) is 14.1. The third-order valence-electron chi connectivity index (χ3n) is 9.16. The van der Waals surface area contributed by atoms with Crippen LogP contribution in [0.4, 0.5) is 4.39 Å². The maximum atomic E-state index is 15.1. The van der Waals surface area contributed by atoms with Crippen molar-refractivity contribution >= 4 is 29.3 Å². The number of nitrogens with one attached hydrogen (secondary N) is 1. The van der Waals surface area contributed by atoms with Gasteiger partial charge < -0.3 is 5.32 Å². The second-order valence-corrected chi connectivity index (χ2v) is 11.5. The van der Waals surface area contributed by atoms with Gasteiger partial charge in [0.2, 0.25) is 5.91 Å². The highest BCUT2D eigenvalue weighted by Crippen LogP contribution is 2.38. The predicted molar refractivity (Wildman–Crippen MR) is 143 cm³/mol. The van der Waals surface area contributed by atoms with Gasteiger partial charge in [-0.05, 0) is 80.4 Å². The molecule has 0 bridgehead atoms. The average Bonchev–Trinajstić information content (AvgIpc) is 3.41. The normalized spacial score (nSPS) is 22.8. The molecule has 2 aromatic rings. The first-order valence-corrected chi connectivity index (χ1v) is 14.1. The minimum atomic E-state index is -0.913. The highest BCUT2D eigenvalue weighted by Gasteiger charge is 2.46. The van der Waals surface area contributed by atoms with E-state index in [0.717, 1.165) is 49.4 Å². The Labute approximate surface area is 231 Å². The lowest BCUT2D eigenvalue weighted by Crippen LogP contribution is -2.47. The molecule has 3 amide bonds. The Kier molecular flexibility index (Phi) is 6.86. The number of piperidine rings is 1. The Hall–Kier alpha value is -3.72. The van der Waals surface area contributed by atoms with Crippen LogP contribution in [-0.4, -0.2) is 64.8 Å². The van der Waals surface area contributed by atoms with Crippen molar-refractivity contribution in [2.24, 2.45) is 5.41 Å². The SMILES string of the molecule is O=C1CCC(N2C(=O)c3cccc(CCc4ccc(CN5CCC6(CCNC6=O)CC5)cc4F)c3C2=O)C(=O)C1. The first-order chi connectivity index (χ1) is 19.3. The second kappa shape index (κ2) is 10.4. The summed E-state index contributed by atoms with van der Waals surface area (Å²) in [5, 5.41) is 2.95. The molecular weight excluding hydrogens is 513 g/mol. The predicted octanol–water partition coefficient (Wildman–Crippen LogP) is 3.00. The Bertz CT molecular complexity index is 1430. The molecule has 3 fully saturated rings. The van der Waals surface area contributed by atoms with E-state index in [1.165, 1.54) is 0 Å². The smallest absolute Gasteiger partial charge is 0.262 e. The van der Waals surface area contributed by atoms with Crippen molar-refractivity contribution in [3.05, 3.63) is 70.0 Å². The van der Waals surface area contributed by atoms with Gasteiger partial charge in [0.15, 0.2) is 5.78 Å². The van der Waals surface area contributed by atoms with Crippen LogP contribution in [0.2, 0.25) is 0 Å². The molecule has 1 saturated carbocycles. The molecule has 0 aromatic heterocycles. The van der Waals surface area contributed by atoms with Gasteiger partial charge in [-0.15, -0.1) is 0 Å². The molecule has 9 heteroatoms. The third kappa shape index (κ3) is 4.66. The van der Waals surface area contributed by atoms with E-state index in [2.05, 4.69) is 10.2 Å². The van der Waals surface area contributed by atoms with E-state index in [4.69, 9.17) is 0 Å². The zero-order valence-corrected chi connectivity index (χ0v) is 22.3. The standard InChI is InChI=1S/C31H32FN3O5/c32-24-16-19(18-34-14-11-31(12-15-34)10-13-33-30(31)40)4-5-20(24)6-7-21-2-1-3-23-27(21)29(39)35(28(23)38)25-9-8-22(36)17-26(25)37/h1-5,16,25H,6-15,17-18H2,(H,33,40). The molecule has 3 aliphatic heterocycles. The lowest BCUT2D eigenvalue weighted by Gasteiger charge is -2.37. The van der Waals surface area contributed by atoms with Gasteiger partial charge in [0.1, 0.15) is 11.6 Å². The van der Waals surface area contributed by atoms with E-state index in [-0.39, 0.29) is 53.3 Å². The van der Waals surface area contributed by atoms with Crippen LogP contribution >= 0.6 is 0 Å². The van der Waals surface area contributed by atoms with Crippen molar-refractivity contribution in [3.8, 4) is 0 Å². The van der Waals surface area contributed by atoms with Crippen LogP contribution in [0.1, 0.15) is 75.9 Å². The lowest BCUT2D eigenvalue weighted by atomic mass is 9.77. The van der Waals surface area contributed by atoms with Crippen molar-refractivity contribution < 1.29 is 28.4 Å². The number of fused-ring (bicyclic) bond motifs is 1. The summed E-state index contributed by atoms with van der Waals surface area (Å²) in [6.07, 6.45) is 3.33. The number of amides is 3. The summed E-state index contributed by atoms with van der Waals surface area (Å²) in [7, 11) is 0. The molecule has 6 rings (SSSR count). The summed E-state index contributed by atoms with van der Waals surface area (Å²) in [5.41, 5.74) is 2.34. The molecule has 40 heavy (non-hydrogen) atoms. The van der Waals surface area contributed by atoms with Crippen LogP contribution in [0.15, 0.2) is 36.4 Å². The van der Waals surface area contributed by atoms with Crippen molar-refractivity contribution in [2.75, 3.05) is 19.6 Å². The number of imide groups is 1. The van der Waals surface area contributed by atoms with Crippen molar-refractivity contribution in [3.63, 3.8) is 0 Å². The molecule has 2 aromatic carbocycles. The van der Waals surface area contributed by atoms with Crippen LogP contribution < -0.4 is 5.32 Å². The van der Waals surface area contributed by atoms with E-state index in [1.54, 1.807) is 30.3 Å². The Morgan fingerprint density at radius 1 is 0.925 bits per heavy atom. The molecule has 0 radical (unpaired) electrons. The van der Waals surface area contributed by atoms with Gasteiger partial charge in [0.25, 0.3) is 11.8 Å². The molecule has 2 saturated heterocycles. The Morgan fingerprint density at radius 2 is 1.70 bits per heavy atom. The fraction of sp³-hybridized carbons (Fsp3) is 0.452. The van der Waals surface area contributed by atoms with E-state index >= 15 is 4.39 Å². The van der Waals surface area contributed by atoms with Gasteiger partial charge in [-0.25, -0.2) is 4.39 Å². The molecule has 8 nitrogen and oxygen atoms in total. The number of aryl methyl sites for hydroxylation is 2. The monoisotopic (exact) mass is 545 g/mol. The summed E-state index contributed by atoms with van der Waals surface area (Å²) in [6, 6.07) is 9.39. The Balaban J connectivity index is 1.11. The number of ketones is 2. The highest BCUT2D eigenvalue weighted by molar-refractivity contribution is 6.24. The van der Waals surface area contributed by atoms with Crippen molar-refractivity contribution in [1.29, 1.82) is 0 Å². The third-order valence-corrected chi connectivity index (χ3v) is 9.16. The fourth-order valence-corrected chi connectivity index (χ4v) is 6.75. The minimum Gasteiger partial charge on any atom is -0.356 e. The maximum absolute atomic E-state index is 15.1. The van der Waals surface area contributed by atoms with Gasteiger partial charge >= 0.3 is 0 Å². The van der Waals surface area contributed by atoms with Gasteiger partial charge in [0, 0.05) is 19.5 Å². The molecule has 1 atom stereocenters. The molecule has 1 N–H and O–H groups in total. The number of hydrogen-bond acceptors (Lipinski definition) is 6. The van der Waals surface area contributed by atoms with E-state index in [9.17, 15) is 24.0 Å². The highest BCUT2D eigenvalue weighted by atomic mass is 19.1. The van der Waals surface area contributed by atoms with Gasteiger partial charge in [-0.2, -0.15) is 0 Å². The minimum absolute atomic E-state index is 0.156. The molecule has 3 heterocycles. The molecular formula is C31H32FN3O5. The number of hydrogen-bond donors (Lipinski definition) is 1. The van der Waals surface area contributed by atoms with Crippen LogP contribution in [0.3, 0.4) is 0 Å². The largest absolute Gasteiger partial charge is 0.356 e. The number of rotatable bonds is 6. The number of halogens is 1. The molecule has 1 spiro atoms. The number of benzene rings is 2. The van der Waals surface area contributed by atoms with Gasteiger partial charge in [-0.1, -0.05) is 24.3 Å². The Morgan fingerprint density at radius 3 is 2.40 bits per heavy atom. The summed E-state index contributed by atoms with van der Waals surface area (Å²) >= 11 is 0. The number of nitrogens with zero attached hydrogens (tertiary/aromatic N) is 2. The number of likely N-dealkylation sites (tertiary alicyclic amines) is 1. The summed E-state index contributed by atoms with van der Waals surface area (Å²) < 4.78 is 15.1. The van der Waals surface area contributed by atoms with Gasteiger partial charge in [-0.3, -0.25) is 33.8 Å². The summed E-state index contributed by atoms with van der Waals surface area (Å²) in [4.78, 5) is 66.0. The average molecular weight is 546 g/mol. The zero-order valence-electron chi connectivity index (χ0n) is 22.3. The molecule has 1 unspecified atom stereocenters. The quantitative estimate of drug-likeness (QED) is 0.442. The van der Waals surface area contributed by atoms with E-state index < -0.39 is 23.6 Å². The number of Topliss-reactive ketones (excluding diaryl/α,β-unsaturated/α-hetero) is 2. The van der Waals surface area contributed by atoms with E-state index in [0.29, 0.717) is 30.5 Å². The topological polar surface area (TPSA) is 104 Å². The molecule has 1 aliphatic carbocycles. The van der Waals surface area contributed by atoms with Crippen LogP contribution in [-0.2, 0) is 33.8 Å². The maximum Gasteiger partial charge on any atom is 0.262 e. The second-order valence-electron chi connectivity index (χ2n) is 11.5. The number of carbonyl (C=O) groups excluding carboxylic acids is 5. The van der Waals surface area contributed by atoms with Crippen LogP contribution in [0.5, 0.6) is 0 Å². The molecule has 4 aliphatic rings. The van der Waals surface area contributed by atoms with E-state index in [1.807, 2.05) is 6.07 Å². The summed E-state index contributed by atoms with van der Waals surface area (Å²) in [5.74, 6) is -1.74. The van der Waals surface area contributed by atoms with Gasteiger partial charge in [0.05, 0.1) is 29.0 Å². The molecule has 208 valence electrons. The zero-order chi connectivity index (χ0) is 28.0. The van der Waals surface area contributed by atoms with Crippen molar-refractivity contribution in [1.82, 2.24) is 15.1 Å². The lowest BCUT2D eigenvalue weighted by molar-refractivity contribution is -0.133. The number of carbonyl (C=O) groups is 5. The first kappa shape index (κ1) is 26.5. The van der Waals surface area contributed by atoms with Crippen molar-refractivity contribution in [2.45, 2.75) is 64.0 Å². The summed E-state index contributed by atoms with van der Waals surface area (Å²) in [6.45, 7) is 2.99. The van der Waals surface area contributed by atoms with Crippen LogP contribution in [0, 0.1) is 11.2 Å². The fourth-order valence-electron chi connectivity index (χ4n) is 6.75.